The van der Waals surface area contributed by atoms with E-state index < -0.39 is 0 Å². The lowest BCUT2D eigenvalue weighted by Gasteiger charge is -2.32. The lowest BCUT2D eigenvalue weighted by Crippen LogP contribution is -2.42. The molecule has 0 saturated heterocycles. The van der Waals surface area contributed by atoms with Gasteiger partial charge < -0.3 is 15.1 Å². The Morgan fingerprint density at radius 2 is 1.44 bits per heavy atom. The molecule has 0 aliphatic carbocycles. The predicted octanol–water partition coefficient (Wildman–Crippen LogP) is 1.65. The standard InChI is InChI=1S/C13H31N3/c1-7-16(8-2)12-10-14-9-11-15(6)13(3,4)5/h14H,7-12H2,1-6H3. The summed E-state index contributed by atoms with van der Waals surface area (Å²) in [6.07, 6.45) is 0. The summed E-state index contributed by atoms with van der Waals surface area (Å²) < 4.78 is 0. The van der Waals surface area contributed by atoms with E-state index in [1.54, 1.807) is 0 Å². The van der Waals surface area contributed by atoms with Crippen LogP contribution in [-0.4, -0.2) is 61.7 Å². The lowest BCUT2D eigenvalue weighted by atomic mass is 10.1. The van der Waals surface area contributed by atoms with Crippen LogP contribution >= 0.6 is 0 Å². The third kappa shape index (κ3) is 7.20. The highest BCUT2D eigenvalue weighted by Crippen LogP contribution is 2.08. The molecule has 0 aliphatic heterocycles. The van der Waals surface area contributed by atoms with Crippen molar-refractivity contribution in [2.24, 2.45) is 0 Å². The van der Waals surface area contributed by atoms with Gasteiger partial charge >= 0.3 is 0 Å². The molecule has 1 N–H and O–H groups in total. The molecule has 0 radical (unpaired) electrons. The summed E-state index contributed by atoms with van der Waals surface area (Å²) >= 11 is 0. The average Bonchev–Trinajstić information content (AvgIpc) is 2.21. The van der Waals surface area contributed by atoms with Gasteiger partial charge in [0.25, 0.3) is 0 Å². The van der Waals surface area contributed by atoms with Crippen LogP contribution in [0.5, 0.6) is 0 Å². The molecule has 0 aromatic carbocycles. The predicted molar refractivity (Wildman–Crippen MR) is 73.0 cm³/mol. The molecule has 0 bridgehead atoms. The Morgan fingerprint density at radius 1 is 0.938 bits per heavy atom. The second-order valence-corrected chi connectivity index (χ2v) is 5.37. The first-order valence-corrected chi connectivity index (χ1v) is 6.56. The molecule has 16 heavy (non-hydrogen) atoms. The number of rotatable bonds is 8. The maximum Gasteiger partial charge on any atom is 0.0122 e. The summed E-state index contributed by atoms with van der Waals surface area (Å²) in [7, 11) is 2.19. The Kier molecular flexibility index (Phi) is 7.98. The molecule has 0 heterocycles. The normalized spacial score (nSPS) is 12.8. The van der Waals surface area contributed by atoms with E-state index in [0.717, 1.165) is 39.3 Å². The summed E-state index contributed by atoms with van der Waals surface area (Å²) in [6.45, 7) is 17.9. The fourth-order valence-electron chi connectivity index (χ4n) is 1.48. The number of nitrogens with zero attached hydrogens (tertiary/aromatic N) is 2. The lowest BCUT2D eigenvalue weighted by molar-refractivity contribution is 0.176. The maximum absolute atomic E-state index is 3.50. The molecule has 0 spiro atoms. The Hall–Kier alpha value is -0.120. The summed E-state index contributed by atoms with van der Waals surface area (Å²) in [6, 6.07) is 0. The van der Waals surface area contributed by atoms with Crippen LogP contribution in [0.25, 0.3) is 0 Å². The van der Waals surface area contributed by atoms with Crippen molar-refractivity contribution in [3.8, 4) is 0 Å². The molecule has 0 aromatic rings. The van der Waals surface area contributed by atoms with Gasteiger partial charge in [-0.15, -0.1) is 0 Å². The highest BCUT2D eigenvalue weighted by molar-refractivity contribution is 4.73. The number of hydrogen-bond acceptors (Lipinski definition) is 3. The van der Waals surface area contributed by atoms with Crippen LogP contribution < -0.4 is 5.32 Å². The smallest absolute Gasteiger partial charge is 0.0122 e. The average molecular weight is 229 g/mol. The molecule has 0 unspecified atom stereocenters. The molecular formula is C13H31N3. The van der Waals surface area contributed by atoms with Crippen molar-refractivity contribution in [2.75, 3.05) is 46.3 Å². The van der Waals surface area contributed by atoms with E-state index in [0.29, 0.717) is 0 Å². The van der Waals surface area contributed by atoms with Crippen LogP contribution in [0.2, 0.25) is 0 Å². The Morgan fingerprint density at radius 3 is 1.88 bits per heavy atom. The van der Waals surface area contributed by atoms with E-state index in [-0.39, 0.29) is 5.54 Å². The van der Waals surface area contributed by atoms with E-state index in [1.165, 1.54) is 0 Å². The summed E-state index contributed by atoms with van der Waals surface area (Å²) in [5.74, 6) is 0. The topological polar surface area (TPSA) is 18.5 Å². The Bertz CT molecular complexity index is 159. The van der Waals surface area contributed by atoms with Crippen LogP contribution in [0.3, 0.4) is 0 Å². The third-order valence-electron chi connectivity index (χ3n) is 3.27. The van der Waals surface area contributed by atoms with Crippen LogP contribution in [0.1, 0.15) is 34.6 Å². The van der Waals surface area contributed by atoms with Crippen LogP contribution in [-0.2, 0) is 0 Å². The second-order valence-electron chi connectivity index (χ2n) is 5.37. The van der Waals surface area contributed by atoms with Crippen molar-refractivity contribution >= 4 is 0 Å². The molecule has 3 heteroatoms. The van der Waals surface area contributed by atoms with E-state index in [4.69, 9.17) is 0 Å². The summed E-state index contributed by atoms with van der Waals surface area (Å²) in [5, 5.41) is 3.50. The third-order valence-corrected chi connectivity index (χ3v) is 3.27. The molecule has 3 nitrogen and oxygen atoms in total. The van der Waals surface area contributed by atoms with Crippen molar-refractivity contribution in [3.05, 3.63) is 0 Å². The molecule has 0 saturated carbocycles. The van der Waals surface area contributed by atoms with Gasteiger partial charge in [-0.05, 0) is 40.9 Å². The minimum Gasteiger partial charge on any atom is -0.314 e. The second kappa shape index (κ2) is 8.04. The molecule has 98 valence electrons. The summed E-state index contributed by atoms with van der Waals surface area (Å²) in [4.78, 5) is 4.83. The van der Waals surface area contributed by atoms with Gasteiger partial charge in [0.1, 0.15) is 0 Å². The van der Waals surface area contributed by atoms with Gasteiger partial charge in [-0.25, -0.2) is 0 Å². The van der Waals surface area contributed by atoms with E-state index in [1.807, 2.05) is 0 Å². The SMILES string of the molecule is CCN(CC)CCNCCN(C)C(C)(C)C. The molecule has 0 amide bonds. The molecule has 0 aromatic heterocycles. The van der Waals surface area contributed by atoms with Crippen LogP contribution in [0.15, 0.2) is 0 Å². The van der Waals surface area contributed by atoms with E-state index in [2.05, 4.69) is 56.8 Å². The number of hydrogen-bond donors (Lipinski definition) is 1. The van der Waals surface area contributed by atoms with Crippen molar-refractivity contribution in [1.82, 2.24) is 15.1 Å². The number of nitrogens with one attached hydrogen (secondary N) is 1. The van der Waals surface area contributed by atoms with Crippen molar-refractivity contribution in [3.63, 3.8) is 0 Å². The van der Waals surface area contributed by atoms with E-state index in [9.17, 15) is 0 Å². The van der Waals surface area contributed by atoms with Gasteiger partial charge in [-0.2, -0.15) is 0 Å². The number of likely N-dealkylation sites (N-methyl/N-ethyl adjacent to an activating group) is 2. The van der Waals surface area contributed by atoms with E-state index >= 15 is 0 Å². The Balaban J connectivity index is 3.47. The first-order chi connectivity index (χ1) is 7.41. The van der Waals surface area contributed by atoms with Gasteiger partial charge in [-0.1, -0.05) is 13.8 Å². The van der Waals surface area contributed by atoms with Gasteiger partial charge in [0.05, 0.1) is 0 Å². The zero-order valence-electron chi connectivity index (χ0n) is 12.1. The van der Waals surface area contributed by atoms with Crippen LogP contribution in [0.4, 0.5) is 0 Å². The molecule has 0 fully saturated rings. The van der Waals surface area contributed by atoms with Gasteiger partial charge in [-0.3, -0.25) is 0 Å². The van der Waals surface area contributed by atoms with Gasteiger partial charge in [0.2, 0.25) is 0 Å². The molecule has 0 rings (SSSR count). The quantitative estimate of drug-likeness (QED) is 0.639. The van der Waals surface area contributed by atoms with Crippen LogP contribution in [0, 0.1) is 0 Å². The first kappa shape index (κ1) is 15.9. The summed E-state index contributed by atoms with van der Waals surface area (Å²) in [5.41, 5.74) is 0.278. The molecular weight excluding hydrogens is 198 g/mol. The molecule has 0 aliphatic rings. The molecule has 0 atom stereocenters. The highest BCUT2D eigenvalue weighted by Gasteiger charge is 2.15. The van der Waals surface area contributed by atoms with Crippen molar-refractivity contribution in [2.45, 2.75) is 40.2 Å². The van der Waals surface area contributed by atoms with Crippen molar-refractivity contribution in [1.29, 1.82) is 0 Å². The van der Waals surface area contributed by atoms with Crippen molar-refractivity contribution < 1.29 is 0 Å². The zero-order valence-corrected chi connectivity index (χ0v) is 12.1. The monoisotopic (exact) mass is 229 g/mol. The largest absolute Gasteiger partial charge is 0.314 e. The zero-order chi connectivity index (χ0) is 12.6. The maximum atomic E-state index is 3.50. The fraction of sp³-hybridized carbons (Fsp3) is 1.00. The Labute approximate surface area is 102 Å². The fourth-order valence-corrected chi connectivity index (χ4v) is 1.48. The van der Waals surface area contributed by atoms with Gasteiger partial charge in [0.15, 0.2) is 0 Å². The minimum absolute atomic E-state index is 0.278. The highest BCUT2D eigenvalue weighted by atomic mass is 15.2. The first-order valence-electron chi connectivity index (χ1n) is 6.56. The minimum atomic E-state index is 0.278. The van der Waals surface area contributed by atoms with Gasteiger partial charge in [0, 0.05) is 31.7 Å².